The first-order valence-electron chi connectivity index (χ1n) is 8.26. The second-order valence-corrected chi connectivity index (χ2v) is 6.62. The Morgan fingerprint density at radius 1 is 1.17 bits per heavy atom. The fourth-order valence-corrected chi connectivity index (χ4v) is 3.53. The standard InChI is InChI=1S/C20H22ClNO/c1-3-14(2)20(23)22-13-12-15-8-4-5-9-16(15)19(22)17-10-6-7-11-18(17)21/h4-11,14,19H,3,12-13H2,1-2H3/t14-,19+/m0/s1. The van der Waals surface area contributed by atoms with Crippen molar-refractivity contribution in [2.24, 2.45) is 5.92 Å². The molecule has 1 aliphatic rings. The molecule has 3 rings (SSSR count). The van der Waals surface area contributed by atoms with Gasteiger partial charge >= 0.3 is 0 Å². The number of hydrogen-bond donors (Lipinski definition) is 0. The van der Waals surface area contributed by atoms with Gasteiger partial charge in [-0.05, 0) is 35.6 Å². The highest BCUT2D eigenvalue weighted by Crippen LogP contribution is 2.38. The fraction of sp³-hybridized carbons (Fsp3) is 0.350. The van der Waals surface area contributed by atoms with Crippen LogP contribution in [-0.4, -0.2) is 17.4 Å². The summed E-state index contributed by atoms with van der Waals surface area (Å²) in [7, 11) is 0. The monoisotopic (exact) mass is 327 g/mol. The molecule has 0 spiro atoms. The second kappa shape index (κ2) is 6.76. The van der Waals surface area contributed by atoms with Crippen LogP contribution in [0.5, 0.6) is 0 Å². The van der Waals surface area contributed by atoms with Gasteiger partial charge in [0.05, 0.1) is 6.04 Å². The van der Waals surface area contributed by atoms with E-state index in [2.05, 4.69) is 25.1 Å². The lowest BCUT2D eigenvalue weighted by molar-refractivity contribution is -0.137. The van der Waals surface area contributed by atoms with Crippen LogP contribution in [-0.2, 0) is 11.2 Å². The van der Waals surface area contributed by atoms with E-state index in [1.165, 1.54) is 11.1 Å². The number of fused-ring (bicyclic) bond motifs is 1. The van der Waals surface area contributed by atoms with Crippen LogP contribution in [0.2, 0.25) is 5.02 Å². The van der Waals surface area contributed by atoms with Crippen molar-refractivity contribution in [3.8, 4) is 0 Å². The number of nitrogens with zero attached hydrogens (tertiary/aromatic N) is 1. The van der Waals surface area contributed by atoms with Gasteiger partial charge in [-0.2, -0.15) is 0 Å². The van der Waals surface area contributed by atoms with Gasteiger partial charge < -0.3 is 4.90 Å². The Balaban J connectivity index is 2.11. The Labute approximate surface area is 143 Å². The van der Waals surface area contributed by atoms with Gasteiger partial charge in [0.25, 0.3) is 0 Å². The van der Waals surface area contributed by atoms with Crippen molar-refractivity contribution in [3.05, 3.63) is 70.2 Å². The lowest BCUT2D eigenvalue weighted by atomic mass is 9.87. The average molecular weight is 328 g/mol. The maximum Gasteiger partial charge on any atom is 0.226 e. The Morgan fingerprint density at radius 2 is 1.83 bits per heavy atom. The van der Waals surface area contributed by atoms with E-state index in [1.807, 2.05) is 42.2 Å². The molecule has 0 N–H and O–H groups in total. The zero-order valence-corrected chi connectivity index (χ0v) is 14.4. The number of halogens is 1. The summed E-state index contributed by atoms with van der Waals surface area (Å²) >= 11 is 6.47. The van der Waals surface area contributed by atoms with Crippen LogP contribution in [0.15, 0.2) is 48.5 Å². The van der Waals surface area contributed by atoms with E-state index in [-0.39, 0.29) is 17.9 Å². The molecule has 0 radical (unpaired) electrons. The van der Waals surface area contributed by atoms with Crippen molar-refractivity contribution in [1.82, 2.24) is 4.90 Å². The topological polar surface area (TPSA) is 20.3 Å². The van der Waals surface area contributed by atoms with E-state index >= 15 is 0 Å². The molecule has 120 valence electrons. The molecule has 0 unspecified atom stereocenters. The largest absolute Gasteiger partial charge is 0.331 e. The van der Waals surface area contributed by atoms with E-state index in [0.717, 1.165) is 30.0 Å². The van der Waals surface area contributed by atoms with Crippen LogP contribution < -0.4 is 0 Å². The van der Waals surface area contributed by atoms with Crippen LogP contribution >= 0.6 is 11.6 Å². The van der Waals surface area contributed by atoms with E-state index in [4.69, 9.17) is 11.6 Å². The normalized spacial score (nSPS) is 18.4. The highest BCUT2D eigenvalue weighted by molar-refractivity contribution is 6.31. The van der Waals surface area contributed by atoms with Gasteiger partial charge in [-0.25, -0.2) is 0 Å². The Kier molecular flexibility index (Phi) is 4.72. The molecule has 1 aliphatic heterocycles. The van der Waals surface area contributed by atoms with Gasteiger partial charge in [-0.1, -0.05) is 67.9 Å². The zero-order chi connectivity index (χ0) is 16.4. The molecule has 0 bridgehead atoms. The third kappa shape index (κ3) is 3.00. The molecule has 0 aromatic heterocycles. The minimum atomic E-state index is -0.0878. The van der Waals surface area contributed by atoms with E-state index in [9.17, 15) is 4.79 Å². The first-order chi connectivity index (χ1) is 11.1. The fourth-order valence-electron chi connectivity index (χ4n) is 3.29. The number of carbonyl (C=O) groups is 1. The molecule has 1 heterocycles. The summed E-state index contributed by atoms with van der Waals surface area (Å²) in [6.07, 6.45) is 1.76. The maximum atomic E-state index is 12.9. The molecule has 3 heteroatoms. The summed E-state index contributed by atoms with van der Waals surface area (Å²) in [5.41, 5.74) is 3.52. The number of amides is 1. The molecule has 0 saturated heterocycles. The van der Waals surface area contributed by atoms with Crippen molar-refractivity contribution in [3.63, 3.8) is 0 Å². The predicted octanol–water partition coefficient (Wildman–Crippen LogP) is 4.86. The third-order valence-corrected chi connectivity index (χ3v) is 5.14. The first-order valence-corrected chi connectivity index (χ1v) is 8.64. The molecule has 2 atom stereocenters. The van der Waals surface area contributed by atoms with Crippen molar-refractivity contribution in [2.45, 2.75) is 32.7 Å². The molecule has 2 aromatic rings. The minimum absolute atomic E-state index is 0.0326. The lowest BCUT2D eigenvalue weighted by Gasteiger charge is -2.39. The zero-order valence-electron chi connectivity index (χ0n) is 13.6. The summed E-state index contributed by atoms with van der Waals surface area (Å²) < 4.78 is 0. The summed E-state index contributed by atoms with van der Waals surface area (Å²) in [4.78, 5) is 14.9. The molecule has 23 heavy (non-hydrogen) atoms. The van der Waals surface area contributed by atoms with Gasteiger partial charge in [0.1, 0.15) is 0 Å². The maximum absolute atomic E-state index is 12.9. The lowest BCUT2D eigenvalue weighted by Crippen LogP contribution is -2.43. The molecule has 0 saturated carbocycles. The number of carbonyl (C=O) groups excluding carboxylic acids is 1. The highest BCUT2D eigenvalue weighted by Gasteiger charge is 2.34. The Hall–Kier alpha value is -1.80. The van der Waals surface area contributed by atoms with Crippen molar-refractivity contribution >= 4 is 17.5 Å². The van der Waals surface area contributed by atoms with Gasteiger partial charge in [0.2, 0.25) is 5.91 Å². The highest BCUT2D eigenvalue weighted by atomic mass is 35.5. The molecular weight excluding hydrogens is 306 g/mol. The average Bonchev–Trinajstić information content (AvgIpc) is 2.60. The summed E-state index contributed by atoms with van der Waals surface area (Å²) in [6.45, 7) is 4.81. The first kappa shape index (κ1) is 16.1. The van der Waals surface area contributed by atoms with Gasteiger partial charge in [0.15, 0.2) is 0 Å². The predicted molar refractivity (Wildman–Crippen MR) is 94.6 cm³/mol. The number of rotatable bonds is 3. The summed E-state index contributed by atoms with van der Waals surface area (Å²) in [5.74, 6) is 0.247. The van der Waals surface area contributed by atoms with Crippen LogP contribution in [0, 0.1) is 5.92 Å². The second-order valence-electron chi connectivity index (χ2n) is 6.21. The molecule has 0 fully saturated rings. The molecule has 2 nitrogen and oxygen atoms in total. The van der Waals surface area contributed by atoms with Gasteiger partial charge in [-0.3, -0.25) is 4.79 Å². The van der Waals surface area contributed by atoms with Crippen LogP contribution in [0.1, 0.15) is 43.0 Å². The van der Waals surface area contributed by atoms with E-state index < -0.39 is 0 Å². The van der Waals surface area contributed by atoms with Crippen LogP contribution in [0.25, 0.3) is 0 Å². The SMILES string of the molecule is CC[C@H](C)C(=O)N1CCc2ccccc2[C@@H]1c1ccccc1Cl. The molecule has 1 amide bonds. The third-order valence-electron chi connectivity index (χ3n) is 4.80. The molecule has 2 aromatic carbocycles. The van der Waals surface area contributed by atoms with E-state index in [0.29, 0.717) is 0 Å². The van der Waals surface area contributed by atoms with E-state index in [1.54, 1.807) is 0 Å². The summed E-state index contributed by atoms with van der Waals surface area (Å²) in [6, 6.07) is 16.2. The van der Waals surface area contributed by atoms with Gasteiger partial charge in [-0.15, -0.1) is 0 Å². The molecular formula is C20H22ClNO. The van der Waals surface area contributed by atoms with Crippen LogP contribution in [0.3, 0.4) is 0 Å². The number of hydrogen-bond acceptors (Lipinski definition) is 1. The molecule has 0 aliphatic carbocycles. The van der Waals surface area contributed by atoms with Crippen molar-refractivity contribution < 1.29 is 4.79 Å². The van der Waals surface area contributed by atoms with Gasteiger partial charge in [0, 0.05) is 17.5 Å². The van der Waals surface area contributed by atoms with Crippen molar-refractivity contribution in [1.29, 1.82) is 0 Å². The van der Waals surface area contributed by atoms with Crippen LogP contribution in [0.4, 0.5) is 0 Å². The number of benzene rings is 2. The summed E-state index contributed by atoms with van der Waals surface area (Å²) in [5, 5.41) is 0.719. The Morgan fingerprint density at radius 3 is 2.52 bits per heavy atom. The Bertz CT molecular complexity index is 712. The smallest absolute Gasteiger partial charge is 0.226 e. The van der Waals surface area contributed by atoms with Crippen molar-refractivity contribution in [2.75, 3.05) is 6.54 Å². The quantitative estimate of drug-likeness (QED) is 0.788. The minimum Gasteiger partial charge on any atom is -0.331 e.